The van der Waals surface area contributed by atoms with Gasteiger partial charge in [0.2, 0.25) is 0 Å². The third-order valence-corrected chi connectivity index (χ3v) is 4.46. The van der Waals surface area contributed by atoms with Crippen molar-refractivity contribution >= 4 is 16.8 Å². The number of fused-ring (bicyclic) bond motifs is 1. The molecule has 0 unspecified atom stereocenters. The van der Waals surface area contributed by atoms with Gasteiger partial charge in [-0.3, -0.25) is 9.69 Å². The van der Waals surface area contributed by atoms with Crippen LogP contribution in [-0.2, 0) is 4.74 Å². The fraction of sp³-hybridized carbons (Fsp3) is 0.474. The molecule has 0 bridgehead atoms. The number of amides is 1. The molecule has 1 aromatic heterocycles. The fourth-order valence-corrected chi connectivity index (χ4v) is 3.09. The summed E-state index contributed by atoms with van der Waals surface area (Å²) in [4.78, 5) is 21.2. The Balaban J connectivity index is 1.55. The van der Waals surface area contributed by atoms with E-state index in [1.165, 1.54) is 0 Å². The summed E-state index contributed by atoms with van der Waals surface area (Å²) in [5, 5.41) is 11.0. The van der Waals surface area contributed by atoms with Crippen molar-refractivity contribution in [2.45, 2.75) is 13.0 Å². The molecule has 1 amide bonds. The van der Waals surface area contributed by atoms with Gasteiger partial charge >= 0.3 is 0 Å². The molecule has 1 saturated heterocycles. The van der Waals surface area contributed by atoms with Crippen molar-refractivity contribution in [2.75, 3.05) is 45.9 Å². The Labute approximate surface area is 148 Å². The number of β-amino-alcohol motifs (C(OH)–C–C–N with tert-alkyl or cyclic N) is 1. The number of carbonyl (C=O) groups excluding carboxylic acids is 1. The number of aromatic nitrogens is 1. The van der Waals surface area contributed by atoms with Gasteiger partial charge in [0.1, 0.15) is 5.69 Å². The molecule has 1 aliphatic heterocycles. The largest absolute Gasteiger partial charge is 0.389 e. The second-order valence-corrected chi connectivity index (χ2v) is 6.30. The summed E-state index contributed by atoms with van der Waals surface area (Å²) in [6, 6.07) is 11.5. The van der Waals surface area contributed by atoms with Gasteiger partial charge in [-0.05, 0) is 19.1 Å². The molecule has 25 heavy (non-hydrogen) atoms. The van der Waals surface area contributed by atoms with Crippen LogP contribution in [0.4, 0.5) is 0 Å². The molecule has 1 aromatic carbocycles. The number of hydrogen-bond donors (Lipinski definition) is 1. The molecule has 0 spiro atoms. The van der Waals surface area contributed by atoms with Gasteiger partial charge in [0, 0.05) is 44.7 Å². The van der Waals surface area contributed by atoms with Crippen molar-refractivity contribution in [3.8, 4) is 0 Å². The Bertz CT molecular complexity index is 714. The predicted molar refractivity (Wildman–Crippen MR) is 96.6 cm³/mol. The summed E-state index contributed by atoms with van der Waals surface area (Å²) < 4.78 is 5.24. The third kappa shape index (κ3) is 4.54. The SMILES string of the molecule is CCOC[C@H](O)CN1CCN(C(=O)c2ccc3ccccc3n2)CC1. The number of benzene rings is 1. The van der Waals surface area contributed by atoms with E-state index in [4.69, 9.17) is 4.74 Å². The van der Waals surface area contributed by atoms with Crippen LogP contribution in [0.5, 0.6) is 0 Å². The molecule has 6 heteroatoms. The minimum Gasteiger partial charge on any atom is -0.389 e. The molecule has 6 nitrogen and oxygen atoms in total. The lowest BCUT2D eigenvalue weighted by atomic mass is 10.2. The van der Waals surface area contributed by atoms with Gasteiger partial charge in [-0.15, -0.1) is 0 Å². The lowest BCUT2D eigenvalue weighted by Crippen LogP contribution is -2.51. The summed E-state index contributed by atoms with van der Waals surface area (Å²) in [6.07, 6.45) is -0.482. The van der Waals surface area contributed by atoms with E-state index in [1.54, 1.807) is 6.07 Å². The van der Waals surface area contributed by atoms with E-state index in [0.29, 0.717) is 38.5 Å². The number of pyridine rings is 1. The first kappa shape index (κ1) is 17.8. The molecular weight excluding hydrogens is 318 g/mol. The van der Waals surface area contributed by atoms with Gasteiger partial charge in [-0.1, -0.05) is 24.3 Å². The van der Waals surface area contributed by atoms with Crippen molar-refractivity contribution in [3.05, 3.63) is 42.1 Å². The molecule has 2 heterocycles. The van der Waals surface area contributed by atoms with Crippen molar-refractivity contribution < 1.29 is 14.6 Å². The zero-order valence-corrected chi connectivity index (χ0v) is 14.6. The zero-order chi connectivity index (χ0) is 17.6. The highest BCUT2D eigenvalue weighted by atomic mass is 16.5. The average Bonchev–Trinajstić information content (AvgIpc) is 2.66. The van der Waals surface area contributed by atoms with Crippen LogP contribution in [-0.4, -0.2) is 77.8 Å². The number of rotatable bonds is 6. The minimum atomic E-state index is -0.482. The second kappa shape index (κ2) is 8.38. The average molecular weight is 343 g/mol. The van der Waals surface area contributed by atoms with Gasteiger partial charge < -0.3 is 14.7 Å². The highest BCUT2D eigenvalue weighted by Crippen LogP contribution is 2.14. The van der Waals surface area contributed by atoms with Gasteiger partial charge in [-0.25, -0.2) is 4.98 Å². The molecular formula is C19H25N3O3. The number of carbonyl (C=O) groups is 1. The van der Waals surface area contributed by atoms with Crippen LogP contribution in [0.25, 0.3) is 10.9 Å². The Morgan fingerprint density at radius 2 is 1.96 bits per heavy atom. The highest BCUT2D eigenvalue weighted by molar-refractivity contribution is 5.95. The van der Waals surface area contributed by atoms with Crippen molar-refractivity contribution in [1.29, 1.82) is 0 Å². The lowest BCUT2D eigenvalue weighted by molar-refractivity contribution is 0.0110. The van der Waals surface area contributed by atoms with Crippen LogP contribution in [0.3, 0.4) is 0 Å². The smallest absolute Gasteiger partial charge is 0.272 e. The van der Waals surface area contributed by atoms with Gasteiger partial charge in [0.15, 0.2) is 0 Å². The maximum atomic E-state index is 12.7. The number of piperazine rings is 1. The first-order chi connectivity index (χ1) is 12.2. The maximum Gasteiger partial charge on any atom is 0.272 e. The molecule has 0 saturated carbocycles. The first-order valence-corrected chi connectivity index (χ1v) is 8.80. The summed E-state index contributed by atoms with van der Waals surface area (Å²) >= 11 is 0. The Morgan fingerprint density at radius 1 is 1.20 bits per heavy atom. The molecule has 1 atom stereocenters. The van der Waals surface area contributed by atoms with Gasteiger partial charge in [-0.2, -0.15) is 0 Å². The number of hydrogen-bond acceptors (Lipinski definition) is 5. The Kier molecular flexibility index (Phi) is 5.96. The van der Waals surface area contributed by atoms with E-state index in [0.717, 1.165) is 24.0 Å². The van der Waals surface area contributed by atoms with Gasteiger partial charge in [0.25, 0.3) is 5.91 Å². The fourth-order valence-electron chi connectivity index (χ4n) is 3.09. The van der Waals surface area contributed by atoms with E-state index in [1.807, 2.05) is 42.2 Å². The summed E-state index contributed by atoms with van der Waals surface area (Å²) in [7, 11) is 0. The van der Waals surface area contributed by atoms with Gasteiger partial charge in [0.05, 0.1) is 18.2 Å². The number of nitrogens with zero attached hydrogens (tertiary/aromatic N) is 3. The molecule has 134 valence electrons. The summed E-state index contributed by atoms with van der Waals surface area (Å²) in [5.41, 5.74) is 1.33. The lowest BCUT2D eigenvalue weighted by Gasteiger charge is -2.35. The molecule has 2 aromatic rings. The van der Waals surface area contributed by atoms with Crippen molar-refractivity contribution in [2.24, 2.45) is 0 Å². The normalized spacial score (nSPS) is 17.0. The quantitative estimate of drug-likeness (QED) is 0.859. The first-order valence-electron chi connectivity index (χ1n) is 8.80. The van der Waals surface area contributed by atoms with Crippen molar-refractivity contribution in [1.82, 2.24) is 14.8 Å². The maximum absolute atomic E-state index is 12.7. The van der Waals surface area contributed by atoms with Crippen LogP contribution in [0.1, 0.15) is 17.4 Å². The third-order valence-electron chi connectivity index (χ3n) is 4.46. The van der Waals surface area contributed by atoms with Crippen molar-refractivity contribution in [3.63, 3.8) is 0 Å². The highest BCUT2D eigenvalue weighted by Gasteiger charge is 2.24. The summed E-state index contributed by atoms with van der Waals surface area (Å²) in [5.74, 6) is -0.0275. The van der Waals surface area contributed by atoms with Crippen LogP contribution < -0.4 is 0 Å². The molecule has 0 radical (unpaired) electrons. The van der Waals surface area contributed by atoms with Crippen LogP contribution >= 0.6 is 0 Å². The standard InChI is InChI=1S/C19H25N3O3/c1-2-25-14-16(23)13-21-9-11-22(12-10-21)19(24)18-8-7-15-5-3-4-6-17(15)20-18/h3-8,16,23H,2,9-14H2,1H3/t16-/m1/s1. The minimum absolute atomic E-state index is 0.0275. The molecule has 1 N–H and O–H groups in total. The van der Waals surface area contributed by atoms with Crippen LogP contribution in [0, 0.1) is 0 Å². The number of aliphatic hydroxyl groups is 1. The summed E-state index contributed by atoms with van der Waals surface area (Å²) in [6.45, 7) is 6.26. The van der Waals surface area contributed by atoms with E-state index in [-0.39, 0.29) is 5.91 Å². The Morgan fingerprint density at radius 3 is 2.72 bits per heavy atom. The Hall–Kier alpha value is -2.02. The van der Waals surface area contributed by atoms with E-state index in [2.05, 4.69) is 9.88 Å². The van der Waals surface area contributed by atoms with E-state index < -0.39 is 6.10 Å². The molecule has 1 fully saturated rings. The zero-order valence-electron chi connectivity index (χ0n) is 14.6. The predicted octanol–water partition coefficient (Wildman–Crippen LogP) is 1.39. The molecule has 3 rings (SSSR count). The molecule has 0 aliphatic carbocycles. The van der Waals surface area contributed by atoms with Crippen LogP contribution in [0.15, 0.2) is 36.4 Å². The topological polar surface area (TPSA) is 65.9 Å². The number of para-hydroxylation sites is 1. The van der Waals surface area contributed by atoms with E-state index >= 15 is 0 Å². The second-order valence-electron chi connectivity index (χ2n) is 6.30. The number of ether oxygens (including phenoxy) is 1. The van der Waals surface area contributed by atoms with Crippen LogP contribution in [0.2, 0.25) is 0 Å². The number of aliphatic hydroxyl groups excluding tert-OH is 1. The molecule has 1 aliphatic rings. The van der Waals surface area contributed by atoms with E-state index in [9.17, 15) is 9.90 Å². The monoisotopic (exact) mass is 343 g/mol.